The van der Waals surface area contributed by atoms with Crippen LogP contribution in [0.4, 0.5) is 0 Å². The van der Waals surface area contributed by atoms with Crippen molar-refractivity contribution >= 4 is 27.6 Å². The van der Waals surface area contributed by atoms with Gasteiger partial charge in [0, 0.05) is 11.6 Å². The molecule has 0 spiro atoms. The summed E-state index contributed by atoms with van der Waals surface area (Å²) in [7, 11) is 0. The largest absolute Gasteiger partial charge is 0.464 e. The smallest absolute Gasteiger partial charge is 0.331 e. The van der Waals surface area contributed by atoms with Crippen molar-refractivity contribution in [1.29, 1.82) is 0 Å². The molecule has 5 heteroatoms. The molecule has 0 saturated heterocycles. The molecule has 126 valence electrons. The lowest BCUT2D eigenvalue weighted by molar-refractivity contribution is -0.148. The molecule has 2 aromatic carbocycles. The van der Waals surface area contributed by atoms with Gasteiger partial charge in [-0.05, 0) is 41.3 Å². The van der Waals surface area contributed by atoms with Crippen LogP contribution in [0.1, 0.15) is 32.4 Å². The number of fused-ring (bicyclic) bond motifs is 3. The van der Waals surface area contributed by atoms with Gasteiger partial charge in [-0.25, -0.2) is 4.79 Å². The van der Waals surface area contributed by atoms with Crippen molar-refractivity contribution in [3.8, 4) is 0 Å². The molecule has 0 saturated carbocycles. The molecule has 0 amide bonds. The Labute approximate surface area is 140 Å². The lowest BCUT2D eigenvalue weighted by Gasteiger charge is -2.19. The standard InChI is InChI=1S/C19H22N2O3/c1-4-24-19(23)18(12(2)3)21-10-16-15-7-5-13(11-22)9-14(15)6-8-17(16)20-21/h5-10,12,18,22H,4,11H2,1-3H3. The SMILES string of the molecule is CCOC(=O)C(C(C)C)n1cc2c(ccc3cc(CO)ccc32)n1. The fraction of sp³-hybridized carbons (Fsp3) is 0.368. The highest BCUT2D eigenvalue weighted by molar-refractivity contribution is 6.06. The number of carbonyl (C=O) groups is 1. The van der Waals surface area contributed by atoms with E-state index in [1.54, 1.807) is 11.6 Å². The molecule has 1 heterocycles. The monoisotopic (exact) mass is 326 g/mol. The number of hydrogen-bond acceptors (Lipinski definition) is 4. The molecule has 0 radical (unpaired) electrons. The maximum atomic E-state index is 12.3. The Morgan fingerprint density at radius 2 is 2.04 bits per heavy atom. The second kappa shape index (κ2) is 6.61. The van der Waals surface area contributed by atoms with E-state index in [2.05, 4.69) is 5.10 Å². The first-order valence-electron chi connectivity index (χ1n) is 8.23. The van der Waals surface area contributed by atoms with E-state index in [9.17, 15) is 9.90 Å². The molecule has 0 fully saturated rings. The van der Waals surface area contributed by atoms with Crippen LogP contribution in [0.3, 0.4) is 0 Å². The summed E-state index contributed by atoms with van der Waals surface area (Å²) in [6.07, 6.45) is 1.91. The van der Waals surface area contributed by atoms with Crippen LogP contribution in [0.2, 0.25) is 0 Å². The molecular formula is C19H22N2O3. The average Bonchev–Trinajstić information content (AvgIpc) is 2.98. The molecule has 24 heavy (non-hydrogen) atoms. The van der Waals surface area contributed by atoms with Gasteiger partial charge >= 0.3 is 5.97 Å². The van der Waals surface area contributed by atoms with Crippen molar-refractivity contribution in [2.75, 3.05) is 6.61 Å². The minimum atomic E-state index is -0.441. The van der Waals surface area contributed by atoms with Gasteiger partial charge in [0.1, 0.15) is 0 Å². The first-order valence-corrected chi connectivity index (χ1v) is 8.23. The number of hydrogen-bond donors (Lipinski definition) is 1. The summed E-state index contributed by atoms with van der Waals surface area (Å²) < 4.78 is 6.92. The van der Waals surface area contributed by atoms with Crippen molar-refractivity contribution < 1.29 is 14.6 Å². The Balaban J connectivity index is 2.13. The molecule has 0 aliphatic heterocycles. The van der Waals surface area contributed by atoms with Gasteiger partial charge in [-0.2, -0.15) is 5.10 Å². The molecular weight excluding hydrogens is 304 g/mol. The lowest BCUT2D eigenvalue weighted by Crippen LogP contribution is -2.26. The average molecular weight is 326 g/mol. The Morgan fingerprint density at radius 3 is 2.71 bits per heavy atom. The maximum absolute atomic E-state index is 12.3. The number of nitrogens with zero attached hydrogens (tertiary/aromatic N) is 2. The Hall–Kier alpha value is -2.40. The number of aromatic nitrogens is 2. The Morgan fingerprint density at radius 1 is 1.25 bits per heavy atom. The van der Waals surface area contributed by atoms with Crippen LogP contribution < -0.4 is 0 Å². The molecule has 0 bridgehead atoms. The fourth-order valence-electron chi connectivity index (χ4n) is 3.05. The van der Waals surface area contributed by atoms with Crippen LogP contribution in [-0.4, -0.2) is 27.5 Å². The third-order valence-corrected chi connectivity index (χ3v) is 4.21. The summed E-state index contributed by atoms with van der Waals surface area (Å²) in [5.41, 5.74) is 1.72. The van der Waals surface area contributed by atoms with Gasteiger partial charge in [0.15, 0.2) is 6.04 Å². The maximum Gasteiger partial charge on any atom is 0.331 e. The number of ether oxygens (including phenoxy) is 1. The predicted octanol–water partition coefficient (Wildman–Crippen LogP) is 3.44. The van der Waals surface area contributed by atoms with Crippen LogP contribution in [0, 0.1) is 5.92 Å². The predicted molar refractivity (Wildman–Crippen MR) is 93.7 cm³/mol. The van der Waals surface area contributed by atoms with E-state index in [4.69, 9.17) is 4.74 Å². The third-order valence-electron chi connectivity index (χ3n) is 4.21. The zero-order valence-corrected chi connectivity index (χ0v) is 14.2. The van der Waals surface area contributed by atoms with Gasteiger partial charge in [0.2, 0.25) is 0 Å². The van der Waals surface area contributed by atoms with E-state index in [1.165, 1.54) is 0 Å². The minimum Gasteiger partial charge on any atom is -0.464 e. The van der Waals surface area contributed by atoms with E-state index in [1.807, 2.05) is 50.4 Å². The number of aliphatic hydroxyl groups is 1. The van der Waals surface area contributed by atoms with Gasteiger partial charge in [-0.15, -0.1) is 0 Å². The summed E-state index contributed by atoms with van der Waals surface area (Å²) in [6, 6.07) is 9.36. The molecule has 1 aromatic heterocycles. The Kier molecular flexibility index (Phi) is 4.53. The molecule has 1 unspecified atom stereocenters. The van der Waals surface area contributed by atoms with E-state index in [-0.39, 0.29) is 18.5 Å². The Bertz CT molecular complexity index is 883. The van der Waals surface area contributed by atoms with Crippen molar-refractivity contribution in [3.05, 3.63) is 42.1 Å². The van der Waals surface area contributed by atoms with Crippen molar-refractivity contribution in [3.63, 3.8) is 0 Å². The molecule has 0 aliphatic carbocycles. The normalized spacial score (nSPS) is 12.9. The van der Waals surface area contributed by atoms with Crippen LogP contribution in [0.5, 0.6) is 0 Å². The molecule has 3 aromatic rings. The summed E-state index contributed by atoms with van der Waals surface area (Å²) in [4.78, 5) is 12.3. The quantitative estimate of drug-likeness (QED) is 0.730. The highest BCUT2D eigenvalue weighted by Gasteiger charge is 2.26. The van der Waals surface area contributed by atoms with Crippen LogP contribution in [-0.2, 0) is 16.1 Å². The molecule has 1 N–H and O–H groups in total. The van der Waals surface area contributed by atoms with Gasteiger partial charge in [-0.1, -0.05) is 32.0 Å². The summed E-state index contributed by atoms with van der Waals surface area (Å²) in [6.45, 7) is 6.15. The van der Waals surface area contributed by atoms with Gasteiger partial charge in [-0.3, -0.25) is 4.68 Å². The summed E-state index contributed by atoms with van der Waals surface area (Å²) in [5, 5.41) is 17.0. The zero-order valence-electron chi connectivity index (χ0n) is 14.2. The second-order valence-electron chi connectivity index (χ2n) is 6.26. The molecule has 1 atom stereocenters. The van der Waals surface area contributed by atoms with Crippen LogP contribution >= 0.6 is 0 Å². The fourth-order valence-corrected chi connectivity index (χ4v) is 3.05. The number of aliphatic hydroxyl groups excluding tert-OH is 1. The van der Waals surface area contributed by atoms with Gasteiger partial charge in [0.25, 0.3) is 0 Å². The highest BCUT2D eigenvalue weighted by Crippen LogP contribution is 2.28. The first kappa shape index (κ1) is 16.5. The number of esters is 1. The van der Waals surface area contributed by atoms with E-state index in [0.717, 1.165) is 27.2 Å². The molecule has 5 nitrogen and oxygen atoms in total. The molecule has 3 rings (SSSR count). The summed E-state index contributed by atoms with van der Waals surface area (Å²) >= 11 is 0. The van der Waals surface area contributed by atoms with E-state index in [0.29, 0.717) is 6.61 Å². The summed E-state index contributed by atoms with van der Waals surface area (Å²) in [5.74, 6) is -0.183. The third kappa shape index (κ3) is 2.87. The van der Waals surface area contributed by atoms with Crippen molar-refractivity contribution in [1.82, 2.24) is 9.78 Å². The van der Waals surface area contributed by atoms with E-state index < -0.39 is 6.04 Å². The van der Waals surface area contributed by atoms with Gasteiger partial charge in [0.05, 0.1) is 18.7 Å². The van der Waals surface area contributed by atoms with Gasteiger partial charge < -0.3 is 9.84 Å². The number of benzene rings is 2. The zero-order chi connectivity index (χ0) is 17.3. The van der Waals surface area contributed by atoms with E-state index >= 15 is 0 Å². The second-order valence-corrected chi connectivity index (χ2v) is 6.26. The van der Waals surface area contributed by atoms with Crippen LogP contribution in [0.25, 0.3) is 21.7 Å². The number of carbonyl (C=O) groups excluding carboxylic acids is 1. The van der Waals surface area contributed by atoms with Crippen molar-refractivity contribution in [2.24, 2.45) is 5.92 Å². The highest BCUT2D eigenvalue weighted by atomic mass is 16.5. The molecule has 0 aliphatic rings. The number of rotatable bonds is 5. The topological polar surface area (TPSA) is 64.3 Å². The lowest BCUT2D eigenvalue weighted by atomic mass is 10.0. The first-order chi connectivity index (χ1) is 11.5. The van der Waals surface area contributed by atoms with Crippen LogP contribution in [0.15, 0.2) is 36.5 Å². The minimum absolute atomic E-state index is 0.0194. The van der Waals surface area contributed by atoms with Crippen molar-refractivity contribution in [2.45, 2.75) is 33.4 Å².